The molecule has 0 aliphatic heterocycles. The lowest BCUT2D eigenvalue weighted by Gasteiger charge is -2.19. The van der Waals surface area contributed by atoms with Gasteiger partial charge in [-0.2, -0.15) is 0 Å². The van der Waals surface area contributed by atoms with E-state index in [1.807, 2.05) is 10.9 Å². The second kappa shape index (κ2) is 9.68. The maximum atomic E-state index is 14.2. The SMILES string of the molecule is COc1ccc([N+](=O)[O-])cc1NS(=O)(=O)c1ccc(F)c(C(=O)NNC(=O)OC(C)(C)C)c1. The van der Waals surface area contributed by atoms with Crippen molar-refractivity contribution >= 4 is 33.4 Å². The third-order valence-corrected chi connectivity index (χ3v) is 5.17. The molecule has 0 fully saturated rings. The van der Waals surface area contributed by atoms with Crippen LogP contribution in [-0.2, 0) is 14.8 Å². The lowest BCUT2D eigenvalue weighted by Crippen LogP contribution is -2.44. The molecule has 0 heterocycles. The third-order valence-electron chi connectivity index (χ3n) is 3.81. The molecule has 178 valence electrons. The van der Waals surface area contributed by atoms with Gasteiger partial charge in [0, 0.05) is 12.1 Å². The van der Waals surface area contributed by atoms with Crippen LogP contribution in [0.3, 0.4) is 0 Å². The van der Waals surface area contributed by atoms with Gasteiger partial charge in [-0.05, 0) is 45.0 Å². The number of halogens is 1. The molecule has 0 saturated carbocycles. The summed E-state index contributed by atoms with van der Waals surface area (Å²) in [6, 6.07) is 5.61. The van der Waals surface area contributed by atoms with Crippen LogP contribution in [0.4, 0.5) is 20.6 Å². The van der Waals surface area contributed by atoms with Gasteiger partial charge in [-0.3, -0.25) is 25.1 Å². The number of benzene rings is 2. The molecule has 0 spiro atoms. The Labute approximate surface area is 188 Å². The van der Waals surface area contributed by atoms with Gasteiger partial charge in [-0.15, -0.1) is 0 Å². The number of carbonyl (C=O) groups is 2. The number of carbonyl (C=O) groups excluding carboxylic acids is 2. The highest BCUT2D eigenvalue weighted by atomic mass is 32.2. The average molecular weight is 484 g/mol. The number of ether oxygens (including phenoxy) is 2. The molecule has 0 aliphatic rings. The minimum Gasteiger partial charge on any atom is -0.495 e. The Hall–Kier alpha value is -3.94. The van der Waals surface area contributed by atoms with Gasteiger partial charge in [0.15, 0.2) is 0 Å². The molecule has 0 aliphatic carbocycles. The van der Waals surface area contributed by atoms with Crippen LogP contribution in [0.2, 0.25) is 0 Å². The van der Waals surface area contributed by atoms with Crippen LogP contribution < -0.4 is 20.3 Å². The molecule has 12 nitrogen and oxygen atoms in total. The lowest BCUT2D eigenvalue weighted by atomic mass is 10.2. The summed E-state index contributed by atoms with van der Waals surface area (Å²) in [6.45, 7) is 4.77. The average Bonchev–Trinajstić information content (AvgIpc) is 2.70. The number of non-ortho nitro benzene ring substituents is 1. The Morgan fingerprint density at radius 3 is 2.33 bits per heavy atom. The molecule has 0 aromatic heterocycles. The minimum atomic E-state index is -4.43. The van der Waals surface area contributed by atoms with Gasteiger partial charge < -0.3 is 9.47 Å². The molecule has 2 rings (SSSR count). The molecular weight excluding hydrogens is 463 g/mol. The zero-order valence-corrected chi connectivity index (χ0v) is 18.8. The van der Waals surface area contributed by atoms with Crippen LogP contribution in [0.25, 0.3) is 0 Å². The highest BCUT2D eigenvalue weighted by Crippen LogP contribution is 2.31. The molecule has 0 bridgehead atoms. The van der Waals surface area contributed by atoms with Crippen LogP contribution in [-0.4, -0.2) is 38.1 Å². The van der Waals surface area contributed by atoms with Gasteiger partial charge in [0.05, 0.1) is 28.2 Å². The van der Waals surface area contributed by atoms with E-state index in [1.54, 1.807) is 20.8 Å². The molecule has 0 unspecified atom stereocenters. The summed E-state index contributed by atoms with van der Waals surface area (Å²) in [5, 5.41) is 11.0. The number of hydrogen-bond acceptors (Lipinski definition) is 8. The summed E-state index contributed by atoms with van der Waals surface area (Å²) in [7, 11) is -3.19. The maximum Gasteiger partial charge on any atom is 0.426 e. The van der Waals surface area contributed by atoms with Crippen molar-refractivity contribution in [1.82, 2.24) is 10.9 Å². The van der Waals surface area contributed by atoms with Crippen LogP contribution in [0.1, 0.15) is 31.1 Å². The summed E-state index contributed by atoms with van der Waals surface area (Å²) in [6.07, 6.45) is -1.01. The number of nitrogens with zero attached hydrogens (tertiary/aromatic N) is 1. The van der Waals surface area contributed by atoms with Crippen LogP contribution >= 0.6 is 0 Å². The number of methoxy groups -OCH3 is 1. The molecule has 33 heavy (non-hydrogen) atoms. The van der Waals surface area contributed by atoms with Gasteiger partial charge >= 0.3 is 6.09 Å². The van der Waals surface area contributed by atoms with Crippen LogP contribution in [0.15, 0.2) is 41.3 Å². The molecule has 14 heteroatoms. The van der Waals surface area contributed by atoms with E-state index in [4.69, 9.17) is 9.47 Å². The van der Waals surface area contributed by atoms with Crippen molar-refractivity contribution in [2.75, 3.05) is 11.8 Å². The third kappa shape index (κ3) is 6.77. The van der Waals surface area contributed by atoms with Crippen molar-refractivity contribution in [3.05, 3.63) is 57.9 Å². The van der Waals surface area contributed by atoms with E-state index < -0.39 is 54.5 Å². The van der Waals surface area contributed by atoms with E-state index in [1.165, 1.54) is 13.2 Å². The number of sulfonamides is 1. The largest absolute Gasteiger partial charge is 0.495 e. The fourth-order valence-corrected chi connectivity index (χ4v) is 3.50. The lowest BCUT2D eigenvalue weighted by molar-refractivity contribution is -0.384. The molecule has 2 aromatic rings. The van der Waals surface area contributed by atoms with Crippen LogP contribution in [0, 0.1) is 15.9 Å². The van der Waals surface area contributed by atoms with E-state index in [9.17, 15) is 32.5 Å². The summed E-state index contributed by atoms with van der Waals surface area (Å²) < 4.78 is 51.8. The first-order valence-electron chi connectivity index (χ1n) is 9.17. The summed E-state index contributed by atoms with van der Waals surface area (Å²) >= 11 is 0. The molecule has 2 aromatic carbocycles. The zero-order chi connectivity index (χ0) is 25.0. The van der Waals surface area contributed by atoms with Gasteiger partial charge in [0.2, 0.25) is 0 Å². The number of nitrogens with one attached hydrogen (secondary N) is 3. The number of amides is 2. The van der Waals surface area contributed by atoms with E-state index in [0.29, 0.717) is 0 Å². The predicted octanol–water partition coefficient (Wildman–Crippen LogP) is 2.71. The minimum absolute atomic E-state index is 0.00851. The molecule has 0 saturated heterocycles. The van der Waals surface area contributed by atoms with E-state index in [0.717, 1.165) is 30.3 Å². The molecular formula is C19H21FN4O8S. The number of hydrazine groups is 1. The summed E-state index contributed by atoms with van der Waals surface area (Å²) in [5.41, 5.74) is 1.64. The highest BCUT2D eigenvalue weighted by molar-refractivity contribution is 7.92. The Morgan fingerprint density at radius 2 is 1.76 bits per heavy atom. The standard InChI is InChI=1S/C19H21FN4O8S/c1-19(2,3)32-18(26)22-21-17(25)13-10-12(6-7-14(13)20)33(29,30)23-15-9-11(24(27)28)5-8-16(15)31-4/h5-10,23H,1-4H3,(H,21,25)(H,22,26). The molecule has 3 N–H and O–H groups in total. The second-order valence-electron chi connectivity index (χ2n) is 7.47. The first kappa shape index (κ1) is 25.3. The molecule has 2 amide bonds. The number of nitro groups is 1. The Kier molecular flexibility index (Phi) is 7.43. The highest BCUT2D eigenvalue weighted by Gasteiger charge is 2.23. The summed E-state index contributed by atoms with van der Waals surface area (Å²) in [5.74, 6) is -2.22. The summed E-state index contributed by atoms with van der Waals surface area (Å²) in [4.78, 5) is 33.6. The first-order chi connectivity index (χ1) is 15.2. The topological polar surface area (TPSA) is 166 Å². The number of nitro benzene ring substituents is 1. The fourth-order valence-electron chi connectivity index (χ4n) is 2.42. The first-order valence-corrected chi connectivity index (χ1v) is 10.7. The maximum absolute atomic E-state index is 14.2. The molecule has 0 atom stereocenters. The van der Waals surface area contributed by atoms with Crippen molar-refractivity contribution < 1.29 is 36.8 Å². The normalized spacial score (nSPS) is 11.3. The van der Waals surface area contributed by atoms with Crippen molar-refractivity contribution in [3.8, 4) is 5.75 Å². The number of hydrogen-bond donors (Lipinski definition) is 3. The van der Waals surface area contributed by atoms with Crippen molar-refractivity contribution in [2.24, 2.45) is 0 Å². The smallest absolute Gasteiger partial charge is 0.426 e. The van der Waals surface area contributed by atoms with Gasteiger partial charge in [0.25, 0.3) is 21.6 Å². The van der Waals surface area contributed by atoms with Crippen molar-refractivity contribution in [1.29, 1.82) is 0 Å². The van der Waals surface area contributed by atoms with Gasteiger partial charge in [-0.25, -0.2) is 23.0 Å². The Balaban J connectivity index is 2.29. The van der Waals surface area contributed by atoms with E-state index in [-0.39, 0.29) is 11.4 Å². The zero-order valence-electron chi connectivity index (χ0n) is 18.0. The van der Waals surface area contributed by atoms with Crippen molar-refractivity contribution in [2.45, 2.75) is 31.3 Å². The second-order valence-corrected chi connectivity index (χ2v) is 9.15. The Bertz CT molecular complexity index is 1190. The van der Waals surface area contributed by atoms with Gasteiger partial charge in [-0.1, -0.05) is 0 Å². The number of anilines is 1. The Morgan fingerprint density at radius 1 is 1.09 bits per heavy atom. The van der Waals surface area contributed by atoms with E-state index >= 15 is 0 Å². The van der Waals surface area contributed by atoms with Crippen molar-refractivity contribution in [3.63, 3.8) is 0 Å². The fraction of sp³-hybridized carbons (Fsp3) is 0.263. The number of rotatable bonds is 6. The van der Waals surface area contributed by atoms with Crippen LogP contribution in [0.5, 0.6) is 5.75 Å². The monoisotopic (exact) mass is 484 g/mol. The molecule has 0 radical (unpaired) electrons. The van der Waals surface area contributed by atoms with Gasteiger partial charge in [0.1, 0.15) is 17.2 Å². The quantitative estimate of drug-likeness (QED) is 0.416. The predicted molar refractivity (Wildman–Crippen MR) is 114 cm³/mol. The van der Waals surface area contributed by atoms with E-state index in [2.05, 4.69) is 4.72 Å².